The fourth-order valence-electron chi connectivity index (χ4n) is 1.94. The second-order valence-electron chi connectivity index (χ2n) is 4.38. The molecular weight excluding hydrogens is 558 g/mol. The van der Waals surface area contributed by atoms with Crippen molar-refractivity contribution in [1.29, 1.82) is 0 Å². The number of benzene rings is 3. The maximum Gasteiger partial charge on any atom is 0 e. The molecule has 34 heavy (non-hydrogen) atoms. The summed E-state index contributed by atoms with van der Waals surface area (Å²) in [6.45, 7) is 27.0. The quantitative estimate of drug-likeness (QED) is 0.198. The van der Waals surface area contributed by atoms with Crippen LogP contribution < -0.4 is 21.2 Å². The summed E-state index contributed by atoms with van der Waals surface area (Å²) in [7, 11) is 2.55. The van der Waals surface area contributed by atoms with E-state index in [0.29, 0.717) is 0 Å². The van der Waals surface area contributed by atoms with Gasteiger partial charge in [-0.15, -0.1) is 0 Å². The predicted octanol–water partition coefficient (Wildman–Crippen LogP) is 3.25. The molecule has 0 aromatic heterocycles. The van der Waals surface area contributed by atoms with Crippen LogP contribution in [0.2, 0.25) is 0 Å². The predicted molar refractivity (Wildman–Crippen MR) is 115 cm³/mol. The van der Waals surface area contributed by atoms with Crippen LogP contribution in [0.3, 0.4) is 0 Å². The smallest absolute Gasteiger partial charge is 0 e. The number of rotatable bonds is 4. The van der Waals surface area contributed by atoms with E-state index >= 15 is 0 Å². The Labute approximate surface area is 224 Å². The Bertz CT molecular complexity index is 834. The average Bonchev–Trinajstić information content (AvgIpc) is 2.93. The van der Waals surface area contributed by atoms with Crippen LogP contribution in [0.1, 0.15) is 0 Å². The summed E-state index contributed by atoms with van der Waals surface area (Å²) in [4.78, 5) is 0. The molecule has 0 spiro atoms. The molecule has 3 aromatic rings. The molecule has 0 aliphatic rings. The molecule has 3 aromatic carbocycles. The Kier molecular flexibility index (Phi) is 55.2. The van der Waals surface area contributed by atoms with Crippen LogP contribution in [0.5, 0.6) is 0 Å². The maximum atomic E-state index is 7.50. The molecular formula is C24H14Fe2O6P2-2. The molecule has 0 unspecified atom stereocenters. The Morgan fingerprint density at radius 3 is 0.794 bits per heavy atom. The van der Waals surface area contributed by atoms with Crippen LogP contribution in [0, 0.1) is 39.9 Å². The molecule has 0 atom stereocenters. The first kappa shape index (κ1) is 45.5. The van der Waals surface area contributed by atoms with E-state index in [4.69, 9.17) is 27.9 Å². The summed E-state index contributed by atoms with van der Waals surface area (Å²) in [6, 6.07) is 29.9. The van der Waals surface area contributed by atoms with E-state index in [0.717, 1.165) is 0 Å². The summed E-state index contributed by atoms with van der Waals surface area (Å²) in [5.41, 5.74) is 0. The van der Waals surface area contributed by atoms with Gasteiger partial charge in [0.15, 0.2) is 0 Å². The van der Waals surface area contributed by atoms with Gasteiger partial charge in [0.05, 0.1) is 0 Å². The van der Waals surface area contributed by atoms with Crippen molar-refractivity contribution in [2.45, 2.75) is 0 Å². The standard InChI is InChI=1S/C18H14P2.6CO.2Fe/c1-3-9-15(10-4-1)19-17-13-7-8-14-18(17)20-16-11-5-2-6-12-16;6*1-2;;/h1-14H;;;;;;;;/q-2;;;;;;;;. The third-order valence-electron chi connectivity index (χ3n) is 2.89. The van der Waals surface area contributed by atoms with Crippen LogP contribution >= 0.6 is 17.2 Å². The molecule has 0 N–H and O–H groups in total. The monoisotopic (exact) mass is 572 g/mol. The largest absolute Gasteiger partial charge is 0.475 e. The van der Waals surface area contributed by atoms with Gasteiger partial charge in [-0.25, -0.2) is 21.2 Å². The van der Waals surface area contributed by atoms with Gasteiger partial charge >= 0.3 is 67.8 Å². The summed E-state index contributed by atoms with van der Waals surface area (Å²) in [5, 5.41) is 5.43. The molecule has 3 rings (SSSR count). The Balaban J connectivity index is -0.000000123. The first-order valence-corrected chi connectivity index (χ1v) is 9.56. The van der Waals surface area contributed by atoms with Crippen LogP contribution in [-0.2, 0) is 62.1 Å². The molecule has 0 saturated carbocycles. The molecule has 174 valence electrons. The van der Waals surface area contributed by atoms with E-state index in [2.05, 4.69) is 125 Å². The molecule has 0 saturated heterocycles. The molecule has 0 bridgehead atoms. The van der Waals surface area contributed by atoms with E-state index in [1.165, 1.54) is 38.4 Å². The van der Waals surface area contributed by atoms with E-state index in [1.807, 2.05) is 0 Å². The van der Waals surface area contributed by atoms with Gasteiger partial charge in [0.1, 0.15) is 0 Å². The summed E-state index contributed by atoms with van der Waals surface area (Å²) < 4.78 is 45.0. The van der Waals surface area contributed by atoms with Crippen molar-refractivity contribution in [3.8, 4) is 0 Å². The molecule has 0 heterocycles. The molecule has 0 amide bonds. The van der Waals surface area contributed by atoms with Crippen molar-refractivity contribution in [1.82, 2.24) is 0 Å². The molecule has 0 aliphatic carbocycles. The topological polar surface area (TPSA) is 119 Å². The van der Waals surface area contributed by atoms with E-state index < -0.39 is 0 Å². The van der Waals surface area contributed by atoms with Crippen molar-refractivity contribution in [2.75, 3.05) is 0 Å². The SMILES string of the molecule is [C-]#[O+].[C-]#[O+].[C-]#[O+].[C-]#[O+].[C-]#[O+].[C-]#[O+].[Fe].[Fe].c1ccc([P-]c2ccccc2[P-]c2ccccc2)cc1. The maximum absolute atomic E-state index is 7.50. The van der Waals surface area contributed by atoms with Crippen LogP contribution in [-0.4, -0.2) is 0 Å². The zero-order chi connectivity index (χ0) is 25.6. The Morgan fingerprint density at radius 1 is 0.353 bits per heavy atom. The minimum Gasteiger partial charge on any atom is -0.475 e. The van der Waals surface area contributed by atoms with Gasteiger partial charge in [0, 0.05) is 34.1 Å². The van der Waals surface area contributed by atoms with Gasteiger partial charge in [-0.2, -0.15) is 0 Å². The van der Waals surface area contributed by atoms with E-state index in [-0.39, 0.29) is 34.1 Å². The second kappa shape index (κ2) is 41.3. The summed E-state index contributed by atoms with van der Waals surface area (Å²) >= 11 is 0. The fraction of sp³-hybridized carbons (Fsp3) is 0. The number of hydrogen-bond donors (Lipinski definition) is 0. The van der Waals surface area contributed by atoms with Gasteiger partial charge in [-0.05, 0) is 0 Å². The first-order valence-electron chi connectivity index (χ1n) is 7.77. The van der Waals surface area contributed by atoms with Crippen LogP contribution in [0.15, 0.2) is 84.9 Å². The van der Waals surface area contributed by atoms with Crippen molar-refractivity contribution in [2.24, 2.45) is 0 Å². The van der Waals surface area contributed by atoms with E-state index in [1.54, 1.807) is 0 Å². The Hall–Kier alpha value is -2.00. The van der Waals surface area contributed by atoms with Crippen molar-refractivity contribution in [3.63, 3.8) is 0 Å². The van der Waals surface area contributed by atoms with E-state index in [9.17, 15) is 0 Å². The van der Waals surface area contributed by atoms with Crippen molar-refractivity contribution < 1.29 is 62.1 Å². The zero-order valence-electron chi connectivity index (χ0n) is 17.1. The van der Waals surface area contributed by atoms with Gasteiger partial charge in [-0.1, -0.05) is 84.9 Å². The van der Waals surface area contributed by atoms with Crippen molar-refractivity contribution >= 4 is 38.4 Å². The van der Waals surface area contributed by atoms with Gasteiger partial charge < -0.3 is 17.2 Å². The molecule has 0 aliphatic heterocycles. The van der Waals surface area contributed by atoms with Crippen LogP contribution in [0.25, 0.3) is 0 Å². The zero-order valence-corrected chi connectivity index (χ0v) is 21.1. The molecule has 0 radical (unpaired) electrons. The fourth-order valence-corrected chi connectivity index (χ4v) is 4.13. The minimum atomic E-state index is 0. The number of hydrogen-bond acceptors (Lipinski definition) is 0. The molecule has 10 heteroatoms. The third-order valence-corrected chi connectivity index (χ3v) is 5.44. The average molecular weight is 572 g/mol. The molecule has 6 nitrogen and oxygen atoms in total. The normalized spacial score (nSPS) is 7.18. The second-order valence-corrected chi connectivity index (χ2v) is 6.83. The minimum absolute atomic E-state index is 0. The third kappa shape index (κ3) is 23.2. The summed E-state index contributed by atoms with van der Waals surface area (Å²) in [6.07, 6.45) is 0. The Morgan fingerprint density at radius 2 is 0.559 bits per heavy atom. The van der Waals surface area contributed by atoms with Crippen molar-refractivity contribution in [3.05, 3.63) is 125 Å². The van der Waals surface area contributed by atoms with Gasteiger partial charge in [0.2, 0.25) is 0 Å². The molecule has 0 fully saturated rings. The van der Waals surface area contributed by atoms with Gasteiger partial charge in [0.25, 0.3) is 0 Å². The first-order chi connectivity index (χ1) is 15.9. The summed E-state index contributed by atoms with van der Waals surface area (Å²) in [5.74, 6) is 0. The van der Waals surface area contributed by atoms with Gasteiger partial charge in [-0.3, -0.25) is 0 Å². The van der Waals surface area contributed by atoms with Crippen LogP contribution in [0.4, 0.5) is 0 Å².